The first-order valence-corrected chi connectivity index (χ1v) is 9.07. The van der Waals surface area contributed by atoms with Gasteiger partial charge >= 0.3 is 0 Å². The Morgan fingerprint density at radius 2 is 1.89 bits per heavy atom. The number of nitrogens with zero attached hydrogens (tertiary/aromatic N) is 2. The van der Waals surface area contributed by atoms with E-state index in [1.165, 1.54) is 17.7 Å². The topological polar surface area (TPSA) is 50.1 Å². The highest BCUT2D eigenvalue weighted by molar-refractivity contribution is 5.88. The molecule has 0 saturated carbocycles. The van der Waals surface area contributed by atoms with Gasteiger partial charge in [-0.3, -0.25) is 0 Å². The molecule has 4 nitrogen and oxygen atoms in total. The highest BCUT2D eigenvalue weighted by Crippen LogP contribution is 2.24. The van der Waals surface area contributed by atoms with Crippen LogP contribution in [0.15, 0.2) is 79.1 Å². The number of hydrogen-bond donors (Lipinski definition) is 2. The first kappa shape index (κ1) is 17.8. The van der Waals surface area contributed by atoms with Gasteiger partial charge in [0, 0.05) is 13.1 Å². The molecule has 5 heteroatoms. The number of benzene rings is 3. The van der Waals surface area contributed by atoms with Gasteiger partial charge in [0.1, 0.15) is 0 Å². The first-order chi connectivity index (χ1) is 13.7. The zero-order chi connectivity index (χ0) is 19.3. The normalized spacial score (nSPS) is 11.3. The number of phenols is 1. The molecule has 28 heavy (non-hydrogen) atoms. The van der Waals surface area contributed by atoms with E-state index in [4.69, 9.17) is 0 Å². The molecule has 0 aliphatic heterocycles. The molecule has 0 spiro atoms. The third kappa shape index (κ3) is 3.88. The summed E-state index contributed by atoms with van der Waals surface area (Å²) in [6, 6.07) is 20.6. The van der Waals surface area contributed by atoms with E-state index in [9.17, 15) is 9.50 Å². The molecular weight excluding hydrogens is 353 g/mol. The molecular formula is C23H20FN3O. The van der Waals surface area contributed by atoms with Crippen LogP contribution >= 0.6 is 0 Å². The maximum atomic E-state index is 13.1. The second-order valence-corrected chi connectivity index (χ2v) is 6.53. The average molecular weight is 373 g/mol. The molecule has 4 rings (SSSR count). The number of anilines is 1. The van der Waals surface area contributed by atoms with Gasteiger partial charge in [-0.1, -0.05) is 54.6 Å². The van der Waals surface area contributed by atoms with Crippen LogP contribution in [-0.2, 0) is 6.54 Å². The Hall–Kier alpha value is -3.60. The quantitative estimate of drug-likeness (QED) is 0.497. The van der Waals surface area contributed by atoms with Crippen LogP contribution in [0.1, 0.15) is 11.1 Å². The van der Waals surface area contributed by atoms with Crippen molar-refractivity contribution in [1.29, 1.82) is 0 Å². The van der Waals surface area contributed by atoms with Gasteiger partial charge in [-0.05, 0) is 35.4 Å². The van der Waals surface area contributed by atoms with Crippen molar-refractivity contribution in [2.24, 2.45) is 0 Å². The third-order valence-corrected chi connectivity index (χ3v) is 4.52. The lowest BCUT2D eigenvalue weighted by atomic mass is 10.2. The van der Waals surface area contributed by atoms with Crippen LogP contribution in [0.3, 0.4) is 0 Å². The van der Waals surface area contributed by atoms with Crippen LogP contribution < -0.4 is 5.32 Å². The molecule has 140 valence electrons. The molecule has 1 aromatic heterocycles. The smallest absolute Gasteiger partial charge is 0.164 e. The Morgan fingerprint density at radius 1 is 1.04 bits per heavy atom. The number of fused-ring (bicyclic) bond motifs is 1. The van der Waals surface area contributed by atoms with Crippen molar-refractivity contribution in [3.8, 4) is 5.75 Å². The maximum absolute atomic E-state index is 13.1. The van der Waals surface area contributed by atoms with Gasteiger partial charge in [0.15, 0.2) is 11.6 Å². The van der Waals surface area contributed by atoms with E-state index in [2.05, 4.69) is 27.0 Å². The van der Waals surface area contributed by atoms with Crippen molar-refractivity contribution in [2.75, 3.05) is 11.9 Å². The van der Waals surface area contributed by atoms with Crippen molar-refractivity contribution >= 4 is 22.8 Å². The van der Waals surface area contributed by atoms with E-state index in [0.29, 0.717) is 6.54 Å². The van der Waals surface area contributed by atoms with Crippen LogP contribution in [0.25, 0.3) is 17.1 Å². The van der Waals surface area contributed by atoms with Crippen LogP contribution in [0, 0.1) is 5.82 Å². The van der Waals surface area contributed by atoms with Gasteiger partial charge in [0.05, 0.1) is 23.0 Å². The minimum atomic E-state index is -0.617. The lowest BCUT2D eigenvalue weighted by molar-refractivity contribution is 0.432. The van der Waals surface area contributed by atoms with Crippen molar-refractivity contribution in [3.05, 3.63) is 96.1 Å². The van der Waals surface area contributed by atoms with Crippen LogP contribution in [0.2, 0.25) is 0 Å². The Bertz CT molecular complexity index is 1120. The van der Waals surface area contributed by atoms with Crippen LogP contribution in [-0.4, -0.2) is 21.2 Å². The van der Waals surface area contributed by atoms with Crippen molar-refractivity contribution in [1.82, 2.24) is 9.55 Å². The third-order valence-electron chi connectivity index (χ3n) is 4.52. The van der Waals surface area contributed by atoms with Gasteiger partial charge in [0.2, 0.25) is 0 Å². The Labute approximate surface area is 162 Å². The van der Waals surface area contributed by atoms with E-state index in [0.717, 1.165) is 28.8 Å². The van der Waals surface area contributed by atoms with E-state index >= 15 is 0 Å². The number of para-hydroxylation sites is 1. The maximum Gasteiger partial charge on any atom is 0.164 e. The second-order valence-electron chi connectivity index (χ2n) is 6.53. The summed E-state index contributed by atoms with van der Waals surface area (Å²) in [5, 5.41) is 12.9. The second kappa shape index (κ2) is 7.96. The lowest BCUT2D eigenvalue weighted by Crippen LogP contribution is -2.03. The number of aromatic nitrogens is 2. The summed E-state index contributed by atoms with van der Waals surface area (Å²) in [5.41, 5.74) is 4.95. The molecule has 0 aliphatic rings. The summed E-state index contributed by atoms with van der Waals surface area (Å²) < 4.78 is 15.3. The molecule has 1 heterocycles. The van der Waals surface area contributed by atoms with E-state index < -0.39 is 5.82 Å². The van der Waals surface area contributed by atoms with Crippen molar-refractivity contribution in [3.63, 3.8) is 0 Å². The fourth-order valence-corrected chi connectivity index (χ4v) is 3.17. The summed E-state index contributed by atoms with van der Waals surface area (Å²) >= 11 is 0. The van der Waals surface area contributed by atoms with Gasteiger partial charge in [-0.15, -0.1) is 0 Å². The molecule has 0 aliphatic carbocycles. The minimum Gasteiger partial charge on any atom is -0.505 e. The predicted octanol–water partition coefficient (Wildman–Crippen LogP) is 5.05. The molecule has 3 aromatic carbocycles. The summed E-state index contributed by atoms with van der Waals surface area (Å²) in [5.74, 6) is -0.960. The molecule has 0 amide bonds. The van der Waals surface area contributed by atoms with E-state index in [1.807, 2.05) is 54.9 Å². The minimum absolute atomic E-state index is 0.343. The zero-order valence-electron chi connectivity index (χ0n) is 15.2. The number of imidazole rings is 1. The summed E-state index contributed by atoms with van der Waals surface area (Å²) in [7, 11) is 0. The highest BCUT2D eigenvalue weighted by Gasteiger charge is 2.08. The Balaban J connectivity index is 1.51. The number of halogens is 1. The summed E-state index contributed by atoms with van der Waals surface area (Å²) in [4.78, 5) is 4.51. The van der Waals surface area contributed by atoms with Gasteiger partial charge in [0.25, 0.3) is 0 Å². The Morgan fingerprint density at radius 3 is 2.71 bits per heavy atom. The summed E-state index contributed by atoms with van der Waals surface area (Å²) in [6.45, 7) is 1.34. The number of nitrogens with one attached hydrogen (secondary N) is 1. The van der Waals surface area contributed by atoms with Gasteiger partial charge in [-0.25, -0.2) is 9.37 Å². The standard InChI is InChI=1S/C23H20FN3O/c24-19-12-11-17(14-22(19)28)8-5-13-25-20-9-4-10-21-23(20)27(16-26-21)15-18-6-2-1-3-7-18/h1-12,14,16,25,28H,13,15H2. The number of hydrogen-bond acceptors (Lipinski definition) is 3. The molecule has 0 fully saturated rings. The van der Waals surface area contributed by atoms with Crippen molar-refractivity contribution < 1.29 is 9.50 Å². The lowest BCUT2D eigenvalue weighted by Gasteiger charge is -2.10. The summed E-state index contributed by atoms with van der Waals surface area (Å²) in [6.07, 6.45) is 5.64. The molecule has 2 N–H and O–H groups in total. The largest absolute Gasteiger partial charge is 0.505 e. The number of phenolic OH excluding ortho intramolecular Hbond substituents is 1. The van der Waals surface area contributed by atoms with Gasteiger partial charge in [-0.2, -0.15) is 0 Å². The molecule has 0 bridgehead atoms. The predicted molar refractivity (Wildman–Crippen MR) is 111 cm³/mol. The van der Waals surface area contributed by atoms with Crippen LogP contribution in [0.4, 0.5) is 10.1 Å². The van der Waals surface area contributed by atoms with E-state index in [1.54, 1.807) is 6.07 Å². The fourth-order valence-electron chi connectivity index (χ4n) is 3.17. The molecule has 0 saturated heterocycles. The van der Waals surface area contributed by atoms with Crippen molar-refractivity contribution in [2.45, 2.75) is 6.54 Å². The molecule has 0 atom stereocenters. The van der Waals surface area contributed by atoms with E-state index in [-0.39, 0.29) is 5.75 Å². The molecule has 0 unspecified atom stereocenters. The number of rotatable bonds is 6. The zero-order valence-corrected chi connectivity index (χ0v) is 15.2. The molecule has 0 radical (unpaired) electrons. The SMILES string of the molecule is Oc1cc(C=CCNc2cccc3ncn(Cc4ccccc4)c23)ccc1F. The fraction of sp³-hybridized carbons (Fsp3) is 0.0870. The average Bonchev–Trinajstić information content (AvgIpc) is 3.12. The molecule has 4 aromatic rings. The monoisotopic (exact) mass is 373 g/mol. The van der Waals surface area contributed by atoms with Gasteiger partial charge < -0.3 is 15.0 Å². The number of aromatic hydroxyl groups is 1. The van der Waals surface area contributed by atoms with Crippen LogP contribution in [0.5, 0.6) is 5.75 Å². The first-order valence-electron chi connectivity index (χ1n) is 9.07. The highest BCUT2D eigenvalue weighted by atomic mass is 19.1. The Kier molecular flexibility index (Phi) is 5.06.